The summed E-state index contributed by atoms with van der Waals surface area (Å²) < 4.78 is 17.9. The fraction of sp³-hybridized carbons (Fsp3) is 0.717. The number of allylic oxidation sites excluding steroid dienone is 12. The maximum atomic E-state index is 12.5. The van der Waals surface area contributed by atoms with E-state index in [1.165, 1.54) is 37.7 Å². The van der Waals surface area contributed by atoms with E-state index >= 15 is 0 Å². The number of esters is 1. The zero-order valence-electron chi connectivity index (χ0n) is 38.3. The van der Waals surface area contributed by atoms with Crippen LogP contribution in [0.25, 0.3) is 0 Å². The van der Waals surface area contributed by atoms with Crippen LogP contribution in [-0.4, -0.2) is 64.7 Å². The summed E-state index contributed by atoms with van der Waals surface area (Å²) in [7, 11) is 0. The van der Waals surface area contributed by atoms with Gasteiger partial charge in [0.15, 0.2) is 6.29 Å². The molecule has 60 heavy (non-hydrogen) atoms. The van der Waals surface area contributed by atoms with Crippen molar-refractivity contribution in [2.45, 2.75) is 182 Å². The number of carbonyl (C=O) groups excluding carboxylic acids is 1. The predicted molar refractivity (Wildman–Crippen MR) is 244 cm³/mol. The van der Waals surface area contributed by atoms with Gasteiger partial charge in [-0.05, 0) is 142 Å². The van der Waals surface area contributed by atoms with Crippen LogP contribution in [0.2, 0.25) is 0 Å². The fourth-order valence-electron chi connectivity index (χ4n) is 12.0. The summed E-state index contributed by atoms with van der Waals surface area (Å²) in [5.74, 6) is 4.42. The highest BCUT2D eigenvalue weighted by atomic mass is 16.7. The smallest absolute Gasteiger partial charge is 0.309 e. The molecular weight excluding hydrogens is 749 g/mol. The average molecular weight is 831 g/mol. The maximum absolute atomic E-state index is 12.5. The molecule has 0 spiro atoms. The molecule has 1 aliphatic heterocycles. The predicted octanol–water partition coefficient (Wildman–Crippen LogP) is 11.3. The van der Waals surface area contributed by atoms with Crippen LogP contribution in [0.5, 0.6) is 0 Å². The van der Waals surface area contributed by atoms with Crippen molar-refractivity contribution in [1.29, 1.82) is 0 Å². The van der Waals surface area contributed by atoms with Gasteiger partial charge < -0.3 is 29.5 Å². The Bertz CT molecular complexity index is 1550. The number of ether oxygens (including phenoxy) is 3. The second-order valence-electron chi connectivity index (χ2n) is 19.7. The van der Waals surface area contributed by atoms with E-state index in [0.717, 1.165) is 69.1 Å². The number of carbonyl (C=O) groups is 1. The highest BCUT2D eigenvalue weighted by Gasteiger charge is 2.59. The van der Waals surface area contributed by atoms with Crippen molar-refractivity contribution in [3.8, 4) is 0 Å². The Hall–Kier alpha value is -2.55. The maximum Gasteiger partial charge on any atom is 0.309 e. The summed E-state index contributed by atoms with van der Waals surface area (Å²) in [6.07, 6.45) is 36.8. The van der Waals surface area contributed by atoms with Crippen LogP contribution >= 0.6 is 0 Å². The van der Waals surface area contributed by atoms with Gasteiger partial charge in [-0.2, -0.15) is 0 Å². The number of fused-ring (bicyclic) bond motifs is 5. The summed E-state index contributed by atoms with van der Waals surface area (Å²) >= 11 is 0. The molecule has 14 unspecified atom stereocenters. The third-order valence-electron chi connectivity index (χ3n) is 15.6. The van der Waals surface area contributed by atoms with E-state index in [2.05, 4.69) is 115 Å². The molecule has 3 N–H and O–H groups in total. The Balaban J connectivity index is 1.07. The first-order valence-electron chi connectivity index (χ1n) is 24.0. The van der Waals surface area contributed by atoms with Gasteiger partial charge in [0.05, 0.1) is 12.5 Å². The van der Waals surface area contributed by atoms with Crippen molar-refractivity contribution >= 4 is 5.97 Å². The molecule has 0 aromatic rings. The normalized spacial score (nSPS) is 37.1. The second kappa shape index (κ2) is 23.2. The minimum atomic E-state index is -1.48. The Labute approximate surface area is 364 Å². The van der Waals surface area contributed by atoms with E-state index in [-0.39, 0.29) is 24.5 Å². The molecule has 5 rings (SSSR count). The molecule has 0 radical (unpaired) electrons. The van der Waals surface area contributed by atoms with Crippen molar-refractivity contribution in [1.82, 2.24) is 0 Å². The number of hydrogen-bond donors (Lipinski definition) is 3. The monoisotopic (exact) mass is 831 g/mol. The molecule has 5 aliphatic rings. The number of aliphatic hydroxyl groups excluding tert-OH is 3. The lowest BCUT2D eigenvalue weighted by atomic mass is 9.47. The number of hydrogen-bond acceptors (Lipinski definition) is 7. The van der Waals surface area contributed by atoms with Crippen LogP contribution in [0.4, 0.5) is 0 Å². The number of aliphatic hydroxyl groups is 3. The van der Waals surface area contributed by atoms with Gasteiger partial charge in [-0.25, -0.2) is 0 Å². The highest BCUT2D eigenvalue weighted by Crippen LogP contribution is 2.67. The van der Waals surface area contributed by atoms with Crippen LogP contribution in [0.15, 0.2) is 84.6 Å². The van der Waals surface area contributed by atoms with E-state index < -0.39 is 36.7 Å². The molecule has 0 amide bonds. The molecule has 4 aliphatic carbocycles. The third-order valence-corrected chi connectivity index (χ3v) is 15.6. The van der Waals surface area contributed by atoms with Gasteiger partial charge in [-0.1, -0.05) is 133 Å². The van der Waals surface area contributed by atoms with E-state index in [1.807, 2.05) is 6.08 Å². The first-order chi connectivity index (χ1) is 28.8. The Morgan fingerprint density at radius 2 is 1.45 bits per heavy atom. The quantitative estimate of drug-likeness (QED) is 0.0829. The van der Waals surface area contributed by atoms with Crippen molar-refractivity contribution in [3.05, 3.63) is 84.6 Å². The van der Waals surface area contributed by atoms with Gasteiger partial charge in [0, 0.05) is 0 Å². The Morgan fingerprint density at radius 3 is 2.08 bits per heavy atom. The van der Waals surface area contributed by atoms with Gasteiger partial charge >= 0.3 is 5.97 Å². The summed E-state index contributed by atoms with van der Waals surface area (Å²) in [6, 6.07) is 0. The van der Waals surface area contributed by atoms with Gasteiger partial charge in [-0.3, -0.25) is 4.79 Å². The molecule has 7 nitrogen and oxygen atoms in total. The molecule has 3 saturated carbocycles. The molecular formula is C53H82O7. The third kappa shape index (κ3) is 12.1. The summed E-state index contributed by atoms with van der Waals surface area (Å²) in [5, 5.41) is 32.5. The summed E-state index contributed by atoms with van der Waals surface area (Å²) in [5.41, 5.74) is 2.01. The average Bonchev–Trinajstić information content (AvgIpc) is 3.59. The van der Waals surface area contributed by atoms with Crippen LogP contribution in [0, 0.1) is 52.3 Å². The molecule has 0 aromatic heterocycles. The van der Waals surface area contributed by atoms with E-state index in [0.29, 0.717) is 35.5 Å². The second-order valence-corrected chi connectivity index (χ2v) is 19.7. The lowest BCUT2D eigenvalue weighted by Gasteiger charge is -2.58. The lowest BCUT2D eigenvalue weighted by molar-refractivity contribution is -0.313. The van der Waals surface area contributed by atoms with Gasteiger partial charge in [0.2, 0.25) is 0 Å². The first kappa shape index (κ1) is 48.5. The minimum absolute atomic E-state index is 0.0914. The van der Waals surface area contributed by atoms with Gasteiger partial charge in [-0.15, -0.1) is 0 Å². The fourth-order valence-corrected chi connectivity index (χ4v) is 12.0. The zero-order valence-corrected chi connectivity index (χ0v) is 38.3. The van der Waals surface area contributed by atoms with Crippen molar-refractivity contribution < 1.29 is 34.3 Å². The molecule has 336 valence electrons. The van der Waals surface area contributed by atoms with Crippen molar-refractivity contribution in [3.63, 3.8) is 0 Å². The zero-order chi connectivity index (χ0) is 43.3. The van der Waals surface area contributed by atoms with Crippen LogP contribution in [0.1, 0.15) is 145 Å². The molecule has 14 atom stereocenters. The summed E-state index contributed by atoms with van der Waals surface area (Å²) in [4.78, 5) is 12.5. The molecule has 4 fully saturated rings. The lowest BCUT2D eigenvalue weighted by Crippen LogP contribution is -2.60. The largest absolute Gasteiger partial charge is 0.463 e. The molecule has 7 heteroatoms. The molecule has 1 heterocycles. The molecule has 0 bridgehead atoms. The van der Waals surface area contributed by atoms with E-state index in [4.69, 9.17) is 14.2 Å². The van der Waals surface area contributed by atoms with Crippen LogP contribution in [-0.2, 0) is 19.0 Å². The molecule has 0 aromatic carbocycles. The van der Waals surface area contributed by atoms with Crippen LogP contribution < -0.4 is 0 Å². The minimum Gasteiger partial charge on any atom is -0.463 e. The van der Waals surface area contributed by atoms with E-state index in [9.17, 15) is 20.1 Å². The SMILES string of the molecule is CC/C=C\C/C=C\C/C=C\C/C=C\C/C=C\CC(=O)OCC1OC(OC2CCC3(C)C(=CCC4C3CCC3(C)C(C(C)/C=C/C(CC)C(C)C)CCC43)C2)C(O)C(O)C1O. The van der Waals surface area contributed by atoms with E-state index in [1.54, 1.807) is 6.08 Å². The number of rotatable bonds is 20. The van der Waals surface area contributed by atoms with Gasteiger partial charge in [0.1, 0.15) is 31.0 Å². The van der Waals surface area contributed by atoms with Gasteiger partial charge in [0.25, 0.3) is 0 Å². The molecule has 1 saturated heterocycles. The standard InChI is InChI=1S/C53H82O7/c1-8-10-11-12-13-14-15-16-17-18-19-20-21-22-23-24-47(54)58-36-46-48(55)49(56)50(57)51(60-46)59-41-31-33-52(6)40(35-41)27-28-42-44-30-29-43(53(44,7)34-32-45(42)52)38(5)25-26-39(9-2)37(3)4/h10-11,13-14,16-17,19-20,22-23,25-27,37-39,41-46,48-51,55-57H,8-9,12,15,18,21,24,28-36H2,1-7H3/b11-10-,14-13-,17-16-,20-19-,23-22-,26-25+. The Kier molecular flexibility index (Phi) is 18.8. The highest BCUT2D eigenvalue weighted by molar-refractivity contribution is 5.71. The van der Waals surface area contributed by atoms with Crippen molar-refractivity contribution in [2.24, 2.45) is 52.3 Å². The van der Waals surface area contributed by atoms with Crippen LogP contribution in [0.3, 0.4) is 0 Å². The Morgan fingerprint density at radius 1 is 0.800 bits per heavy atom. The topological polar surface area (TPSA) is 105 Å². The first-order valence-corrected chi connectivity index (χ1v) is 24.0. The van der Waals surface area contributed by atoms with Crippen molar-refractivity contribution in [2.75, 3.05) is 6.61 Å². The summed E-state index contributed by atoms with van der Waals surface area (Å²) in [6.45, 7) is 16.5.